The minimum atomic E-state index is -0.0411. The Balaban J connectivity index is 1.57. The van der Waals surface area contributed by atoms with E-state index in [2.05, 4.69) is 23.4 Å². The third-order valence-electron chi connectivity index (χ3n) is 6.94. The fourth-order valence-corrected chi connectivity index (χ4v) is 5.08. The molecule has 2 aromatic heterocycles. The highest BCUT2D eigenvalue weighted by Gasteiger charge is 2.14. The largest absolute Gasteiger partial charge is 0.494 e. The zero-order chi connectivity index (χ0) is 24.4. The molecule has 5 aromatic rings. The van der Waals surface area contributed by atoms with Gasteiger partial charge in [-0.2, -0.15) is 0 Å². The van der Waals surface area contributed by atoms with Crippen LogP contribution in [0.2, 0.25) is 0 Å². The van der Waals surface area contributed by atoms with Gasteiger partial charge in [0.1, 0.15) is 5.75 Å². The molecule has 3 aromatic carbocycles. The van der Waals surface area contributed by atoms with E-state index in [-0.39, 0.29) is 10.9 Å². The molecule has 0 saturated heterocycles. The average Bonchev–Trinajstić information content (AvgIpc) is 2.88. The van der Waals surface area contributed by atoms with Crippen LogP contribution >= 0.6 is 0 Å². The third kappa shape index (κ3) is 4.31. The number of para-hydroxylation sites is 1. The number of hydrogen-bond acceptors (Lipinski definition) is 3. The first-order chi connectivity index (χ1) is 17.1. The Morgan fingerprint density at radius 1 is 0.714 bits per heavy atom. The van der Waals surface area contributed by atoms with Gasteiger partial charge in [0.05, 0.1) is 23.2 Å². The summed E-state index contributed by atoms with van der Waals surface area (Å²) in [6.07, 6.45) is 7.26. The number of aromatic nitrogens is 2. The molecule has 0 fully saturated rings. The molecule has 0 bridgehead atoms. The van der Waals surface area contributed by atoms with Crippen LogP contribution in [0.15, 0.2) is 64.2 Å². The summed E-state index contributed by atoms with van der Waals surface area (Å²) < 4.78 is 8.11. The molecule has 1 N–H and O–H groups in total. The molecular weight excluding hydrogens is 436 g/mol. The maximum absolute atomic E-state index is 13.6. The van der Waals surface area contributed by atoms with Gasteiger partial charge in [0.2, 0.25) is 0 Å². The van der Waals surface area contributed by atoms with Gasteiger partial charge >= 0.3 is 0 Å². The van der Waals surface area contributed by atoms with Crippen molar-refractivity contribution < 1.29 is 4.74 Å². The number of rotatable bonds is 9. The molecule has 0 radical (unpaired) electrons. The number of H-pyrrole nitrogens is 1. The lowest BCUT2D eigenvalue weighted by atomic mass is 10.0. The van der Waals surface area contributed by atoms with Gasteiger partial charge in [-0.25, -0.2) is 0 Å². The Bertz CT molecular complexity index is 1650. The number of hydrogen-bond donors (Lipinski definition) is 1. The summed E-state index contributed by atoms with van der Waals surface area (Å²) in [5.74, 6) is 0.727. The number of aromatic amines is 1. The maximum atomic E-state index is 13.6. The predicted molar refractivity (Wildman–Crippen MR) is 146 cm³/mol. The van der Waals surface area contributed by atoms with Crippen LogP contribution in [0, 0.1) is 0 Å². The quantitative estimate of drug-likeness (QED) is 0.189. The number of ether oxygens (including phenoxy) is 1. The third-order valence-corrected chi connectivity index (χ3v) is 6.94. The zero-order valence-corrected chi connectivity index (χ0v) is 20.5. The van der Waals surface area contributed by atoms with Gasteiger partial charge < -0.3 is 14.3 Å². The van der Waals surface area contributed by atoms with E-state index in [4.69, 9.17) is 4.74 Å². The Morgan fingerprint density at radius 2 is 1.46 bits per heavy atom. The van der Waals surface area contributed by atoms with Crippen LogP contribution in [-0.2, 0) is 6.54 Å². The monoisotopic (exact) mass is 468 g/mol. The highest BCUT2D eigenvalue weighted by atomic mass is 16.5. The standard InChI is InChI=1S/C30H32N2O3/c1-3-5-6-7-8-11-16-35-20-14-15-27-23(17-20)30(34)24-18-26-22(19-28(24)32(27)4-2)29(33)21-12-9-10-13-25(21)31-26/h9-10,12-15,17-19H,3-8,11,16H2,1-2H3,(H,31,33). The molecular formula is C30H32N2O3. The van der Waals surface area contributed by atoms with Gasteiger partial charge in [-0.1, -0.05) is 51.2 Å². The molecule has 0 amide bonds. The fraction of sp³-hybridized carbons (Fsp3) is 0.333. The van der Waals surface area contributed by atoms with Crippen LogP contribution in [0.1, 0.15) is 52.4 Å². The number of nitrogens with zero attached hydrogens (tertiary/aromatic N) is 1. The molecule has 0 atom stereocenters. The molecule has 0 aliphatic heterocycles. The van der Waals surface area contributed by atoms with Crippen LogP contribution in [-0.4, -0.2) is 16.2 Å². The number of aryl methyl sites for hydroxylation is 1. The van der Waals surface area contributed by atoms with Crippen molar-refractivity contribution in [1.82, 2.24) is 9.55 Å². The Hall–Kier alpha value is -3.60. The maximum Gasteiger partial charge on any atom is 0.197 e. The summed E-state index contributed by atoms with van der Waals surface area (Å²) in [5.41, 5.74) is 3.01. The molecule has 0 spiro atoms. The second kappa shape index (κ2) is 9.95. The molecule has 0 saturated carbocycles. The highest BCUT2D eigenvalue weighted by molar-refractivity contribution is 6.03. The number of pyridine rings is 2. The normalized spacial score (nSPS) is 11.7. The molecule has 180 valence electrons. The van der Waals surface area contributed by atoms with Gasteiger partial charge in [-0.05, 0) is 55.8 Å². The highest BCUT2D eigenvalue weighted by Crippen LogP contribution is 2.26. The lowest BCUT2D eigenvalue weighted by Crippen LogP contribution is -2.13. The number of unbranched alkanes of at least 4 members (excludes halogenated alkanes) is 5. The van der Waals surface area contributed by atoms with E-state index in [0.29, 0.717) is 40.2 Å². The van der Waals surface area contributed by atoms with Crippen LogP contribution < -0.4 is 15.6 Å². The van der Waals surface area contributed by atoms with Gasteiger partial charge in [0, 0.05) is 33.6 Å². The average molecular weight is 469 g/mol. The number of benzene rings is 3. The van der Waals surface area contributed by atoms with Crippen LogP contribution in [0.3, 0.4) is 0 Å². The van der Waals surface area contributed by atoms with E-state index in [9.17, 15) is 9.59 Å². The summed E-state index contributed by atoms with van der Waals surface area (Å²) >= 11 is 0. The smallest absolute Gasteiger partial charge is 0.197 e. The van der Waals surface area contributed by atoms with Gasteiger partial charge in [-0.3, -0.25) is 9.59 Å². The first-order valence-corrected chi connectivity index (χ1v) is 12.8. The van der Waals surface area contributed by atoms with E-state index >= 15 is 0 Å². The van der Waals surface area contributed by atoms with E-state index in [1.54, 1.807) is 0 Å². The van der Waals surface area contributed by atoms with Crippen molar-refractivity contribution in [2.24, 2.45) is 0 Å². The number of nitrogens with one attached hydrogen (secondary N) is 1. The van der Waals surface area contributed by atoms with Crippen LogP contribution in [0.25, 0.3) is 43.6 Å². The Kier molecular flexibility index (Phi) is 6.58. The lowest BCUT2D eigenvalue weighted by molar-refractivity contribution is 0.304. The fourth-order valence-electron chi connectivity index (χ4n) is 5.08. The summed E-state index contributed by atoms with van der Waals surface area (Å²) in [4.78, 5) is 30.2. The molecule has 5 heteroatoms. The van der Waals surface area contributed by atoms with Gasteiger partial charge in [0.15, 0.2) is 10.9 Å². The zero-order valence-electron chi connectivity index (χ0n) is 20.5. The van der Waals surface area contributed by atoms with Crippen molar-refractivity contribution in [2.75, 3.05) is 6.61 Å². The second-order valence-electron chi connectivity index (χ2n) is 9.28. The molecule has 5 nitrogen and oxygen atoms in total. The van der Waals surface area contributed by atoms with E-state index < -0.39 is 0 Å². The van der Waals surface area contributed by atoms with Crippen molar-refractivity contribution in [2.45, 2.75) is 58.9 Å². The van der Waals surface area contributed by atoms with Gasteiger partial charge in [0.25, 0.3) is 0 Å². The molecule has 2 heterocycles. The molecule has 0 aliphatic carbocycles. The molecule has 0 unspecified atom stereocenters. The molecule has 5 rings (SSSR count). The lowest BCUT2D eigenvalue weighted by Gasteiger charge is -2.15. The van der Waals surface area contributed by atoms with E-state index in [1.165, 1.54) is 32.1 Å². The molecule has 0 aliphatic rings. The van der Waals surface area contributed by atoms with Crippen molar-refractivity contribution in [3.05, 3.63) is 75.0 Å². The van der Waals surface area contributed by atoms with Crippen molar-refractivity contribution in [3.8, 4) is 5.75 Å². The minimum absolute atomic E-state index is 0.0232. The second-order valence-corrected chi connectivity index (χ2v) is 9.28. The topological polar surface area (TPSA) is 64.1 Å². The first-order valence-electron chi connectivity index (χ1n) is 12.8. The summed E-state index contributed by atoms with van der Waals surface area (Å²) in [5, 5.41) is 2.49. The summed E-state index contributed by atoms with van der Waals surface area (Å²) in [7, 11) is 0. The predicted octanol–water partition coefficient (Wildman–Crippen LogP) is 6.91. The minimum Gasteiger partial charge on any atom is -0.494 e. The Morgan fingerprint density at radius 3 is 2.29 bits per heavy atom. The van der Waals surface area contributed by atoms with Gasteiger partial charge in [-0.15, -0.1) is 0 Å². The van der Waals surface area contributed by atoms with Crippen LogP contribution in [0.4, 0.5) is 0 Å². The summed E-state index contributed by atoms with van der Waals surface area (Å²) in [6, 6.07) is 17.0. The van der Waals surface area contributed by atoms with Crippen molar-refractivity contribution in [3.63, 3.8) is 0 Å². The van der Waals surface area contributed by atoms with E-state index in [0.717, 1.165) is 28.7 Å². The Labute approximate surface area is 204 Å². The van der Waals surface area contributed by atoms with E-state index in [1.807, 2.05) is 54.6 Å². The first kappa shape index (κ1) is 23.2. The number of fused-ring (bicyclic) bond motifs is 4. The molecule has 35 heavy (non-hydrogen) atoms. The van der Waals surface area contributed by atoms with Crippen molar-refractivity contribution >= 4 is 43.6 Å². The van der Waals surface area contributed by atoms with Crippen molar-refractivity contribution in [1.29, 1.82) is 0 Å². The summed E-state index contributed by atoms with van der Waals surface area (Å²) in [6.45, 7) is 5.62. The SMILES string of the molecule is CCCCCCCCOc1ccc2c(c1)c(=O)c1cc3[nH]c4ccccc4c(=O)c3cc1n2CC. The van der Waals surface area contributed by atoms with Crippen LogP contribution in [0.5, 0.6) is 5.75 Å².